The highest BCUT2D eigenvalue weighted by Gasteiger charge is 2.18. The number of hydrogen-bond acceptors (Lipinski definition) is 4. The molecule has 4 nitrogen and oxygen atoms in total. The molecule has 1 aromatic rings. The van der Waals surface area contributed by atoms with E-state index >= 15 is 0 Å². The van der Waals surface area contributed by atoms with Crippen LogP contribution < -0.4 is 9.64 Å². The lowest BCUT2D eigenvalue weighted by atomic mass is 9.99. The van der Waals surface area contributed by atoms with Crippen LogP contribution in [0.1, 0.15) is 19.8 Å². The highest BCUT2D eigenvalue weighted by Crippen LogP contribution is 2.24. The van der Waals surface area contributed by atoms with Gasteiger partial charge < -0.3 is 9.64 Å². The van der Waals surface area contributed by atoms with Crippen molar-refractivity contribution in [1.29, 1.82) is 0 Å². The summed E-state index contributed by atoms with van der Waals surface area (Å²) in [5.74, 6) is 1.67. The number of rotatable bonds is 2. The molecule has 1 saturated heterocycles. The molecule has 0 aromatic carbocycles. The molecule has 0 atom stereocenters. The van der Waals surface area contributed by atoms with E-state index in [1.54, 1.807) is 13.2 Å². The van der Waals surface area contributed by atoms with Crippen LogP contribution in [0.25, 0.3) is 0 Å². The minimum atomic E-state index is 0.334. The standard InChI is InChI=1S/C11H16ClN3O/c1-8-3-5-15(6-4-8)10-7-9(12)13-11(14-10)16-2/h7-8H,3-6H2,1-2H3. The molecule has 0 aliphatic carbocycles. The van der Waals surface area contributed by atoms with Crippen molar-refractivity contribution in [3.63, 3.8) is 0 Å². The first kappa shape index (κ1) is 11.5. The van der Waals surface area contributed by atoms with E-state index in [1.807, 2.05) is 0 Å². The lowest BCUT2D eigenvalue weighted by Crippen LogP contribution is -2.33. The van der Waals surface area contributed by atoms with Gasteiger partial charge in [0.25, 0.3) is 0 Å². The maximum absolute atomic E-state index is 5.92. The lowest BCUT2D eigenvalue weighted by Gasteiger charge is -2.31. The summed E-state index contributed by atoms with van der Waals surface area (Å²) in [4.78, 5) is 10.5. The number of hydrogen-bond donors (Lipinski definition) is 0. The Hall–Kier alpha value is -1.03. The van der Waals surface area contributed by atoms with Gasteiger partial charge in [0.05, 0.1) is 7.11 Å². The van der Waals surface area contributed by atoms with Crippen LogP contribution in [-0.2, 0) is 0 Å². The average molecular weight is 242 g/mol. The molecule has 0 unspecified atom stereocenters. The van der Waals surface area contributed by atoms with Crippen LogP contribution in [0.5, 0.6) is 6.01 Å². The van der Waals surface area contributed by atoms with Gasteiger partial charge in [-0.15, -0.1) is 0 Å². The fourth-order valence-corrected chi connectivity index (χ4v) is 2.05. The van der Waals surface area contributed by atoms with E-state index < -0.39 is 0 Å². The molecule has 0 radical (unpaired) electrons. The van der Waals surface area contributed by atoms with Gasteiger partial charge in [-0.25, -0.2) is 0 Å². The molecule has 0 bridgehead atoms. The topological polar surface area (TPSA) is 38.2 Å². The Morgan fingerprint density at radius 2 is 2.06 bits per heavy atom. The number of halogens is 1. The zero-order valence-corrected chi connectivity index (χ0v) is 10.4. The fourth-order valence-electron chi connectivity index (χ4n) is 1.88. The third-order valence-corrected chi connectivity index (χ3v) is 3.14. The zero-order valence-electron chi connectivity index (χ0n) is 9.61. The number of ether oxygens (including phenoxy) is 1. The quantitative estimate of drug-likeness (QED) is 0.746. The molecule has 16 heavy (non-hydrogen) atoms. The second kappa shape index (κ2) is 4.87. The SMILES string of the molecule is COc1nc(Cl)cc(N2CCC(C)CC2)n1. The van der Waals surface area contributed by atoms with Gasteiger partial charge in [-0.1, -0.05) is 18.5 Å². The van der Waals surface area contributed by atoms with Crippen molar-refractivity contribution in [3.05, 3.63) is 11.2 Å². The maximum Gasteiger partial charge on any atom is 0.319 e. The van der Waals surface area contributed by atoms with Gasteiger partial charge in [-0.05, 0) is 18.8 Å². The molecule has 1 aromatic heterocycles. The molecule has 1 fully saturated rings. The molecule has 0 saturated carbocycles. The molecule has 0 N–H and O–H groups in total. The van der Waals surface area contributed by atoms with E-state index in [1.165, 1.54) is 12.8 Å². The van der Waals surface area contributed by atoms with E-state index in [9.17, 15) is 0 Å². The summed E-state index contributed by atoms with van der Waals surface area (Å²) in [6.45, 7) is 4.33. The van der Waals surface area contributed by atoms with Crippen molar-refractivity contribution in [2.75, 3.05) is 25.1 Å². The van der Waals surface area contributed by atoms with Crippen molar-refractivity contribution in [2.24, 2.45) is 5.92 Å². The van der Waals surface area contributed by atoms with Gasteiger partial charge in [0.1, 0.15) is 11.0 Å². The van der Waals surface area contributed by atoms with E-state index in [0.717, 1.165) is 24.8 Å². The molecule has 1 aliphatic heterocycles. The van der Waals surface area contributed by atoms with Crippen LogP contribution in [0.3, 0.4) is 0 Å². The summed E-state index contributed by atoms with van der Waals surface area (Å²) < 4.78 is 5.01. The van der Waals surface area contributed by atoms with E-state index in [0.29, 0.717) is 11.2 Å². The number of anilines is 1. The second-order valence-corrected chi connectivity index (χ2v) is 4.59. The number of aromatic nitrogens is 2. The Morgan fingerprint density at radius 1 is 1.38 bits per heavy atom. The number of piperidine rings is 1. The zero-order chi connectivity index (χ0) is 11.5. The van der Waals surface area contributed by atoms with Crippen molar-refractivity contribution in [2.45, 2.75) is 19.8 Å². The fraction of sp³-hybridized carbons (Fsp3) is 0.636. The van der Waals surface area contributed by atoms with Crippen molar-refractivity contribution < 1.29 is 4.74 Å². The highest BCUT2D eigenvalue weighted by atomic mass is 35.5. The second-order valence-electron chi connectivity index (χ2n) is 4.21. The first-order valence-corrected chi connectivity index (χ1v) is 5.90. The molecule has 1 aliphatic rings. The first-order chi connectivity index (χ1) is 7.69. The Labute approximate surface area is 101 Å². The summed E-state index contributed by atoms with van der Waals surface area (Å²) in [6.07, 6.45) is 2.40. The van der Waals surface area contributed by atoms with Crippen LogP contribution in [-0.4, -0.2) is 30.2 Å². The van der Waals surface area contributed by atoms with Crippen LogP contribution in [0, 0.1) is 5.92 Å². The van der Waals surface area contributed by atoms with Crippen LogP contribution in [0.2, 0.25) is 5.15 Å². The molecule has 88 valence electrons. The Morgan fingerprint density at radius 3 is 2.69 bits per heavy atom. The van der Waals surface area contributed by atoms with E-state index in [4.69, 9.17) is 16.3 Å². The van der Waals surface area contributed by atoms with Crippen molar-refractivity contribution in [1.82, 2.24) is 9.97 Å². The Kier molecular flexibility index (Phi) is 3.49. The van der Waals surface area contributed by atoms with Crippen LogP contribution in [0.15, 0.2) is 6.07 Å². The minimum Gasteiger partial charge on any atom is -0.467 e. The van der Waals surface area contributed by atoms with Crippen LogP contribution >= 0.6 is 11.6 Å². The summed E-state index contributed by atoms with van der Waals surface area (Å²) in [5.41, 5.74) is 0. The summed E-state index contributed by atoms with van der Waals surface area (Å²) in [7, 11) is 1.55. The predicted octanol–water partition coefficient (Wildman–Crippen LogP) is 2.37. The first-order valence-electron chi connectivity index (χ1n) is 5.52. The lowest BCUT2D eigenvalue weighted by molar-refractivity contribution is 0.378. The van der Waals surface area contributed by atoms with E-state index in [-0.39, 0.29) is 0 Å². The molecular weight excluding hydrogens is 226 g/mol. The monoisotopic (exact) mass is 241 g/mol. The van der Waals surface area contributed by atoms with Crippen molar-refractivity contribution >= 4 is 17.4 Å². The van der Waals surface area contributed by atoms with Gasteiger partial charge in [0, 0.05) is 19.2 Å². The Bertz CT molecular complexity index is 364. The summed E-state index contributed by atoms with van der Waals surface area (Å²) in [6, 6.07) is 2.13. The third-order valence-electron chi connectivity index (χ3n) is 2.95. The number of methoxy groups -OCH3 is 1. The highest BCUT2D eigenvalue weighted by molar-refractivity contribution is 6.29. The number of nitrogens with zero attached hydrogens (tertiary/aromatic N) is 3. The normalized spacial score (nSPS) is 17.6. The maximum atomic E-state index is 5.92. The third kappa shape index (κ3) is 2.55. The van der Waals surface area contributed by atoms with Crippen LogP contribution in [0.4, 0.5) is 5.82 Å². The summed E-state index contributed by atoms with van der Waals surface area (Å²) in [5, 5.41) is 0.431. The minimum absolute atomic E-state index is 0.334. The van der Waals surface area contributed by atoms with Gasteiger partial charge >= 0.3 is 6.01 Å². The molecule has 5 heteroatoms. The summed E-state index contributed by atoms with van der Waals surface area (Å²) >= 11 is 5.92. The molecule has 2 heterocycles. The van der Waals surface area contributed by atoms with Gasteiger partial charge in [-0.2, -0.15) is 9.97 Å². The molecule has 0 spiro atoms. The largest absolute Gasteiger partial charge is 0.467 e. The predicted molar refractivity (Wildman–Crippen MR) is 64.2 cm³/mol. The average Bonchev–Trinajstić information content (AvgIpc) is 2.29. The van der Waals surface area contributed by atoms with Crippen molar-refractivity contribution in [3.8, 4) is 6.01 Å². The Balaban J connectivity index is 2.16. The molecule has 2 rings (SSSR count). The van der Waals surface area contributed by atoms with Gasteiger partial charge in [0.15, 0.2) is 0 Å². The van der Waals surface area contributed by atoms with E-state index in [2.05, 4.69) is 21.8 Å². The smallest absolute Gasteiger partial charge is 0.319 e. The van der Waals surface area contributed by atoms with Gasteiger partial charge in [0.2, 0.25) is 0 Å². The van der Waals surface area contributed by atoms with Gasteiger partial charge in [-0.3, -0.25) is 0 Å². The molecular formula is C11H16ClN3O. The molecule has 0 amide bonds.